The molecule has 0 radical (unpaired) electrons. The molecule has 0 saturated carbocycles. The molecular formula is C16H16FN3. The number of halogens is 1. The van der Waals surface area contributed by atoms with Gasteiger partial charge in [0.05, 0.1) is 11.0 Å². The van der Waals surface area contributed by atoms with Crippen molar-refractivity contribution >= 4 is 17.0 Å². The molecule has 0 aliphatic heterocycles. The number of imidazole rings is 1. The van der Waals surface area contributed by atoms with Gasteiger partial charge in [0.15, 0.2) is 0 Å². The minimum absolute atomic E-state index is 0.291. The molecule has 3 aromatic rings. The summed E-state index contributed by atoms with van der Waals surface area (Å²) in [5.41, 5.74) is 9.90. The Hall–Kier alpha value is -2.36. The summed E-state index contributed by atoms with van der Waals surface area (Å²) >= 11 is 0. The molecule has 0 bridgehead atoms. The number of rotatable bonds is 3. The molecule has 1 aromatic heterocycles. The number of hydrogen-bond acceptors (Lipinski definition) is 2. The second kappa shape index (κ2) is 4.96. The van der Waals surface area contributed by atoms with Gasteiger partial charge in [0.2, 0.25) is 5.95 Å². The van der Waals surface area contributed by atoms with E-state index in [1.807, 2.05) is 4.57 Å². The second-order valence-corrected chi connectivity index (χ2v) is 4.99. The van der Waals surface area contributed by atoms with E-state index in [9.17, 15) is 4.39 Å². The van der Waals surface area contributed by atoms with Crippen LogP contribution < -0.4 is 5.73 Å². The van der Waals surface area contributed by atoms with Crippen molar-refractivity contribution in [2.75, 3.05) is 5.73 Å². The maximum absolute atomic E-state index is 13.2. The zero-order valence-electron chi connectivity index (χ0n) is 11.3. The minimum Gasteiger partial charge on any atom is -0.369 e. The van der Waals surface area contributed by atoms with Crippen molar-refractivity contribution in [2.45, 2.75) is 19.9 Å². The van der Waals surface area contributed by atoms with Gasteiger partial charge in [-0.2, -0.15) is 0 Å². The lowest BCUT2D eigenvalue weighted by Crippen LogP contribution is -2.05. The molecule has 0 aliphatic carbocycles. The van der Waals surface area contributed by atoms with Crippen LogP contribution in [0.2, 0.25) is 0 Å². The van der Waals surface area contributed by atoms with Crippen LogP contribution in [0, 0.1) is 12.7 Å². The van der Waals surface area contributed by atoms with Gasteiger partial charge in [0.25, 0.3) is 0 Å². The Labute approximate surface area is 116 Å². The first-order valence-electron chi connectivity index (χ1n) is 6.60. The van der Waals surface area contributed by atoms with Crippen LogP contribution in [-0.2, 0) is 13.0 Å². The highest BCUT2D eigenvalue weighted by atomic mass is 19.1. The number of fused-ring (bicyclic) bond motifs is 1. The van der Waals surface area contributed by atoms with E-state index in [2.05, 4.69) is 36.2 Å². The monoisotopic (exact) mass is 269 g/mol. The van der Waals surface area contributed by atoms with Crippen molar-refractivity contribution in [2.24, 2.45) is 0 Å². The van der Waals surface area contributed by atoms with Crippen molar-refractivity contribution < 1.29 is 4.39 Å². The maximum Gasteiger partial charge on any atom is 0.201 e. The summed E-state index contributed by atoms with van der Waals surface area (Å²) in [6.45, 7) is 2.81. The summed E-state index contributed by atoms with van der Waals surface area (Å²) in [6.07, 6.45) is 0.870. The normalized spacial score (nSPS) is 11.1. The molecule has 0 spiro atoms. The Kier molecular flexibility index (Phi) is 3.14. The van der Waals surface area contributed by atoms with Crippen LogP contribution >= 0.6 is 0 Å². The molecule has 102 valence electrons. The fraction of sp³-hybridized carbons (Fsp3) is 0.188. The Balaban J connectivity index is 1.89. The standard InChI is InChI=1S/C16H16FN3/c1-11-3-2-4-12(9-11)7-8-20-15-6-5-13(17)10-14(15)19-16(20)18/h2-6,9-10H,7-8H2,1H3,(H2,18,19). The summed E-state index contributed by atoms with van der Waals surface area (Å²) in [4.78, 5) is 4.20. The highest BCUT2D eigenvalue weighted by molar-refractivity contribution is 5.78. The summed E-state index contributed by atoms with van der Waals surface area (Å²) in [6, 6.07) is 13.0. The number of hydrogen-bond donors (Lipinski definition) is 1. The zero-order valence-corrected chi connectivity index (χ0v) is 11.3. The lowest BCUT2D eigenvalue weighted by molar-refractivity contribution is 0.629. The van der Waals surface area contributed by atoms with Crippen molar-refractivity contribution in [3.05, 3.63) is 59.4 Å². The van der Waals surface area contributed by atoms with Gasteiger partial charge >= 0.3 is 0 Å². The third-order valence-electron chi connectivity index (χ3n) is 3.45. The average Bonchev–Trinajstić information content (AvgIpc) is 2.71. The van der Waals surface area contributed by atoms with Crippen molar-refractivity contribution in [3.8, 4) is 0 Å². The molecule has 0 saturated heterocycles. The quantitative estimate of drug-likeness (QED) is 0.792. The number of aryl methyl sites for hydroxylation is 3. The van der Waals surface area contributed by atoms with Gasteiger partial charge in [-0.05, 0) is 31.0 Å². The van der Waals surface area contributed by atoms with Gasteiger partial charge in [-0.25, -0.2) is 9.37 Å². The predicted octanol–water partition coefficient (Wildman–Crippen LogP) is 3.31. The van der Waals surface area contributed by atoms with Crippen molar-refractivity contribution in [1.82, 2.24) is 9.55 Å². The molecule has 1 heterocycles. The Bertz CT molecular complexity index is 762. The van der Waals surface area contributed by atoms with E-state index in [1.165, 1.54) is 23.3 Å². The zero-order chi connectivity index (χ0) is 14.1. The number of nitrogens with two attached hydrogens (primary N) is 1. The molecule has 3 rings (SSSR count). The average molecular weight is 269 g/mol. The molecule has 2 aromatic carbocycles. The van der Waals surface area contributed by atoms with Crippen molar-refractivity contribution in [1.29, 1.82) is 0 Å². The fourth-order valence-corrected chi connectivity index (χ4v) is 2.47. The molecule has 0 atom stereocenters. The van der Waals surface area contributed by atoms with Crippen LogP contribution in [0.15, 0.2) is 42.5 Å². The Morgan fingerprint density at radius 3 is 2.85 bits per heavy atom. The second-order valence-electron chi connectivity index (χ2n) is 4.99. The third kappa shape index (κ3) is 2.37. The lowest BCUT2D eigenvalue weighted by atomic mass is 10.1. The lowest BCUT2D eigenvalue weighted by Gasteiger charge is -2.07. The molecule has 0 aliphatic rings. The fourth-order valence-electron chi connectivity index (χ4n) is 2.47. The molecule has 0 unspecified atom stereocenters. The highest BCUT2D eigenvalue weighted by Crippen LogP contribution is 2.19. The molecule has 2 N–H and O–H groups in total. The molecule has 4 heteroatoms. The van der Waals surface area contributed by atoms with Crippen LogP contribution in [0.3, 0.4) is 0 Å². The summed E-state index contributed by atoms with van der Waals surface area (Å²) in [5, 5.41) is 0. The highest BCUT2D eigenvalue weighted by Gasteiger charge is 2.08. The van der Waals surface area contributed by atoms with E-state index in [1.54, 1.807) is 6.07 Å². The number of benzene rings is 2. The summed E-state index contributed by atoms with van der Waals surface area (Å²) < 4.78 is 15.1. The summed E-state index contributed by atoms with van der Waals surface area (Å²) in [5.74, 6) is 0.138. The van der Waals surface area contributed by atoms with E-state index in [0.717, 1.165) is 18.5 Å². The Morgan fingerprint density at radius 1 is 1.20 bits per heavy atom. The van der Waals surface area contributed by atoms with Crippen LogP contribution in [-0.4, -0.2) is 9.55 Å². The van der Waals surface area contributed by atoms with E-state index in [0.29, 0.717) is 11.5 Å². The molecular weight excluding hydrogens is 253 g/mol. The van der Waals surface area contributed by atoms with Gasteiger partial charge in [-0.1, -0.05) is 29.8 Å². The topological polar surface area (TPSA) is 43.8 Å². The van der Waals surface area contributed by atoms with E-state index in [4.69, 9.17) is 5.73 Å². The van der Waals surface area contributed by atoms with Crippen molar-refractivity contribution in [3.63, 3.8) is 0 Å². The van der Waals surface area contributed by atoms with Gasteiger partial charge in [-0.3, -0.25) is 0 Å². The van der Waals surface area contributed by atoms with E-state index in [-0.39, 0.29) is 5.82 Å². The smallest absolute Gasteiger partial charge is 0.201 e. The molecule has 0 fully saturated rings. The SMILES string of the molecule is Cc1cccc(CCn2c(N)nc3cc(F)ccc32)c1. The van der Waals surface area contributed by atoms with Gasteiger partial charge in [0, 0.05) is 12.6 Å². The Morgan fingerprint density at radius 2 is 2.05 bits per heavy atom. The van der Waals surface area contributed by atoms with E-state index >= 15 is 0 Å². The molecule has 0 amide bonds. The first-order valence-corrected chi connectivity index (χ1v) is 6.60. The van der Waals surface area contributed by atoms with Gasteiger partial charge < -0.3 is 10.3 Å². The van der Waals surface area contributed by atoms with Crippen LogP contribution in [0.4, 0.5) is 10.3 Å². The number of nitrogens with zero attached hydrogens (tertiary/aromatic N) is 2. The first-order chi connectivity index (χ1) is 9.63. The number of nitrogen functional groups attached to an aromatic ring is 1. The van der Waals surface area contributed by atoms with Gasteiger partial charge in [0.1, 0.15) is 5.82 Å². The largest absolute Gasteiger partial charge is 0.369 e. The van der Waals surface area contributed by atoms with E-state index < -0.39 is 0 Å². The first kappa shape index (κ1) is 12.7. The third-order valence-corrected chi connectivity index (χ3v) is 3.45. The maximum atomic E-state index is 13.2. The minimum atomic E-state index is -0.291. The van der Waals surface area contributed by atoms with Crippen LogP contribution in [0.5, 0.6) is 0 Å². The number of anilines is 1. The molecule has 20 heavy (non-hydrogen) atoms. The van der Waals surface area contributed by atoms with Crippen LogP contribution in [0.25, 0.3) is 11.0 Å². The van der Waals surface area contributed by atoms with Crippen LogP contribution in [0.1, 0.15) is 11.1 Å². The van der Waals surface area contributed by atoms with Gasteiger partial charge in [-0.15, -0.1) is 0 Å². The number of aromatic nitrogens is 2. The summed E-state index contributed by atoms with van der Waals surface area (Å²) in [7, 11) is 0. The molecule has 3 nitrogen and oxygen atoms in total. The predicted molar refractivity (Wildman–Crippen MR) is 79.0 cm³/mol.